The zero-order valence-corrected chi connectivity index (χ0v) is 13.1. The van der Waals surface area contributed by atoms with Crippen LogP contribution < -0.4 is 0 Å². The van der Waals surface area contributed by atoms with Crippen LogP contribution in [0.15, 0.2) is 60.7 Å². The number of likely N-dealkylation sites (N-methyl/N-ethyl adjacent to an activating group) is 1. The van der Waals surface area contributed by atoms with Crippen LogP contribution >= 0.6 is 0 Å². The highest BCUT2D eigenvalue weighted by Crippen LogP contribution is 2.38. The fourth-order valence-electron chi connectivity index (χ4n) is 3.40. The van der Waals surface area contributed by atoms with Crippen molar-refractivity contribution in [3.63, 3.8) is 0 Å². The van der Waals surface area contributed by atoms with Crippen LogP contribution in [0.4, 0.5) is 0 Å². The molecule has 1 saturated heterocycles. The fourth-order valence-corrected chi connectivity index (χ4v) is 3.40. The molecular formula is C19H24NO2+. The molecule has 22 heavy (non-hydrogen) atoms. The number of nitrogens with zero attached hydrogens (tertiary/aromatic N) is 1. The van der Waals surface area contributed by atoms with Crippen LogP contribution in [0.5, 0.6) is 0 Å². The lowest BCUT2D eigenvalue weighted by molar-refractivity contribution is -0.950. The van der Waals surface area contributed by atoms with Gasteiger partial charge in [0.25, 0.3) is 0 Å². The minimum absolute atomic E-state index is 0.0208. The van der Waals surface area contributed by atoms with Gasteiger partial charge in [0, 0.05) is 5.56 Å². The molecule has 2 atom stereocenters. The van der Waals surface area contributed by atoms with Gasteiger partial charge in [-0.05, 0) is 5.56 Å². The minimum Gasteiger partial charge on any atom is -0.382 e. The average molecular weight is 298 g/mol. The summed E-state index contributed by atoms with van der Waals surface area (Å²) in [5.74, 6) is 0. The highest BCUT2D eigenvalue weighted by atomic mass is 16.5. The topological polar surface area (TPSA) is 29.5 Å². The van der Waals surface area contributed by atoms with E-state index in [1.165, 1.54) is 5.56 Å². The molecule has 2 unspecified atom stereocenters. The van der Waals surface area contributed by atoms with Gasteiger partial charge in [0.15, 0.2) is 0 Å². The summed E-state index contributed by atoms with van der Waals surface area (Å²) in [6.45, 7) is 3.34. The molecule has 0 bridgehead atoms. The van der Waals surface area contributed by atoms with E-state index in [2.05, 4.69) is 19.2 Å². The van der Waals surface area contributed by atoms with E-state index in [1.54, 1.807) is 0 Å². The predicted octanol–water partition coefficient (Wildman–Crippen LogP) is 2.94. The molecular weight excluding hydrogens is 274 g/mol. The SMILES string of the molecule is C[N+]1(C(c2ccccc2)C(O)c2ccccc2)CCOCC1. The minimum atomic E-state index is -0.522. The molecule has 2 aromatic carbocycles. The van der Waals surface area contributed by atoms with Crippen molar-refractivity contribution in [3.8, 4) is 0 Å². The number of quaternary nitrogens is 1. The van der Waals surface area contributed by atoms with E-state index >= 15 is 0 Å². The average Bonchev–Trinajstić information content (AvgIpc) is 2.57. The number of ether oxygens (including phenoxy) is 1. The van der Waals surface area contributed by atoms with Gasteiger partial charge in [-0.1, -0.05) is 60.7 Å². The highest BCUT2D eigenvalue weighted by molar-refractivity contribution is 5.25. The van der Waals surface area contributed by atoms with Crippen molar-refractivity contribution in [2.45, 2.75) is 12.1 Å². The molecule has 1 aliphatic heterocycles. The van der Waals surface area contributed by atoms with Crippen molar-refractivity contribution in [1.29, 1.82) is 0 Å². The van der Waals surface area contributed by atoms with Gasteiger partial charge in [0.2, 0.25) is 0 Å². The van der Waals surface area contributed by atoms with E-state index in [9.17, 15) is 5.11 Å². The van der Waals surface area contributed by atoms with Crippen LogP contribution in [0, 0.1) is 0 Å². The number of morpholine rings is 1. The monoisotopic (exact) mass is 298 g/mol. The summed E-state index contributed by atoms with van der Waals surface area (Å²) in [6, 6.07) is 20.4. The number of benzene rings is 2. The third-order valence-corrected chi connectivity index (χ3v) is 4.75. The van der Waals surface area contributed by atoms with Gasteiger partial charge in [-0.15, -0.1) is 0 Å². The molecule has 0 saturated carbocycles. The van der Waals surface area contributed by atoms with Gasteiger partial charge < -0.3 is 14.3 Å². The van der Waals surface area contributed by atoms with Crippen molar-refractivity contribution in [1.82, 2.24) is 0 Å². The smallest absolute Gasteiger partial charge is 0.145 e. The number of hydrogen-bond donors (Lipinski definition) is 1. The first-order valence-electron chi connectivity index (χ1n) is 7.91. The lowest BCUT2D eigenvalue weighted by atomic mass is 9.92. The van der Waals surface area contributed by atoms with Gasteiger partial charge in [0.05, 0.1) is 20.3 Å². The molecule has 1 aliphatic rings. The van der Waals surface area contributed by atoms with E-state index in [0.29, 0.717) is 0 Å². The molecule has 0 amide bonds. The molecule has 1 heterocycles. The molecule has 0 aliphatic carbocycles. The first kappa shape index (κ1) is 15.2. The van der Waals surface area contributed by atoms with Crippen LogP contribution in [-0.4, -0.2) is 42.9 Å². The molecule has 116 valence electrons. The summed E-state index contributed by atoms with van der Waals surface area (Å²) < 4.78 is 6.34. The zero-order chi connectivity index (χ0) is 15.4. The van der Waals surface area contributed by atoms with Crippen LogP contribution in [0.2, 0.25) is 0 Å². The third-order valence-electron chi connectivity index (χ3n) is 4.75. The Morgan fingerprint density at radius 2 is 1.36 bits per heavy atom. The molecule has 0 aromatic heterocycles. The Morgan fingerprint density at radius 3 is 1.91 bits per heavy atom. The lowest BCUT2D eigenvalue weighted by Gasteiger charge is -2.45. The third kappa shape index (κ3) is 3.07. The van der Waals surface area contributed by atoms with Crippen LogP contribution in [0.3, 0.4) is 0 Å². The number of rotatable bonds is 4. The Balaban J connectivity index is 1.99. The fraction of sp³-hybridized carbons (Fsp3) is 0.368. The standard InChI is InChI=1S/C19H24NO2/c1-20(12-14-22-15-13-20)18(16-8-4-2-5-9-16)19(21)17-10-6-3-7-11-17/h2-11,18-19,21H,12-15H2,1H3/q+1. The zero-order valence-electron chi connectivity index (χ0n) is 13.1. The van der Waals surface area contributed by atoms with E-state index < -0.39 is 6.10 Å². The number of aliphatic hydroxyl groups is 1. The Morgan fingerprint density at radius 1 is 0.864 bits per heavy atom. The van der Waals surface area contributed by atoms with Crippen LogP contribution in [-0.2, 0) is 4.74 Å². The second-order valence-corrected chi connectivity index (χ2v) is 6.25. The van der Waals surface area contributed by atoms with Crippen molar-refractivity contribution in [3.05, 3.63) is 71.8 Å². The maximum atomic E-state index is 11.1. The Hall–Kier alpha value is -1.68. The van der Waals surface area contributed by atoms with E-state index in [0.717, 1.165) is 36.3 Å². The highest BCUT2D eigenvalue weighted by Gasteiger charge is 2.41. The quantitative estimate of drug-likeness (QED) is 0.880. The summed E-state index contributed by atoms with van der Waals surface area (Å²) in [7, 11) is 2.23. The molecule has 3 rings (SSSR count). The number of hydrogen-bond acceptors (Lipinski definition) is 2. The maximum absolute atomic E-state index is 11.1. The lowest BCUT2D eigenvalue weighted by Crippen LogP contribution is -2.55. The van der Waals surface area contributed by atoms with E-state index in [1.807, 2.05) is 48.5 Å². The number of aliphatic hydroxyl groups excluding tert-OH is 1. The van der Waals surface area contributed by atoms with Gasteiger partial charge in [0.1, 0.15) is 25.2 Å². The van der Waals surface area contributed by atoms with Gasteiger partial charge in [-0.25, -0.2) is 0 Å². The summed E-state index contributed by atoms with van der Waals surface area (Å²) in [5.41, 5.74) is 2.16. The maximum Gasteiger partial charge on any atom is 0.145 e. The van der Waals surface area contributed by atoms with Crippen molar-refractivity contribution >= 4 is 0 Å². The van der Waals surface area contributed by atoms with Crippen LogP contribution in [0.1, 0.15) is 23.3 Å². The summed E-state index contributed by atoms with van der Waals surface area (Å²) >= 11 is 0. The molecule has 1 fully saturated rings. The van der Waals surface area contributed by atoms with Crippen molar-refractivity contribution < 1.29 is 14.3 Å². The molecule has 1 N–H and O–H groups in total. The second-order valence-electron chi connectivity index (χ2n) is 6.25. The second kappa shape index (κ2) is 6.61. The van der Waals surface area contributed by atoms with Crippen LogP contribution in [0.25, 0.3) is 0 Å². The Labute approximate surface area is 132 Å². The molecule has 0 radical (unpaired) electrons. The van der Waals surface area contributed by atoms with Gasteiger partial charge >= 0.3 is 0 Å². The van der Waals surface area contributed by atoms with Gasteiger partial charge in [-0.2, -0.15) is 0 Å². The van der Waals surface area contributed by atoms with E-state index in [4.69, 9.17) is 4.74 Å². The first-order chi connectivity index (χ1) is 10.7. The molecule has 3 nitrogen and oxygen atoms in total. The summed E-state index contributed by atoms with van der Waals surface area (Å²) in [5, 5.41) is 11.1. The van der Waals surface area contributed by atoms with E-state index in [-0.39, 0.29) is 6.04 Å². The summed E-state index contributed by atoms with van der Waals surface area (Å²) in [4.78, 5) is 0. The van der Waals surface area contributed by atoms with Crippen molar-refractivity contribution in [2.24, 2.45) is 0 Å². The Kier molecular flexibility index (Phi) is 4.57. The Bertz CT molecular complexity index is 579. The molecule has 3 heteroatoms. The largest absolute Gasteiger partial charge is 0.382 e. The first-order valence-corrected chi connectivity index (χ1v) is 7.91. The molecule has 0 spiro atoms. The normalized spacial score (nSPS) is 20.3. The van der Waals surface area contributed by atoms with Crippen molar-refractivity contribution in [2.75, 3.05) is 33.4 Å². The molecule has 2 aromatic rings. The predicted molar refractivity (Wildman–Crippen MR) is 87.3 cm³/mol. The summed E-state index contributed by atoms with van der Waals surface area (Å²) in [6.07, 6.45) is -0.522. The van der Waals surface area contributed by atoms with Gasteiger partial charge in [-0.3, -0.25) is 0 Å².